The van der Waals surface area contributed by atoms with E-state index < -0.39 is 0 Å². The minimum Gasteiger partial charge on any atom is -0.493 e. The molecule has 61 heavy (non-hydrogen) atoms. The maximum Gasteiger partial charge on any atom is 0.215 e. The van der Waals surface area contributed by atoms with Gasteiger partial charge in [-0.1, -0.05) is 220 Å². The maximum absolute atomic E-state index is 12.7. The van der Waals surface area contributed by atoms with Crippen LogP contribution in [0.2, 0.25) is 0 Å². The van der Waals surface area contributed by atoms with Crippen molar-refractivity contribution in [2.24, 2.45) is 0 Å². The molecule has 1 heterocycles. The number of nitrogens with zero attached hydrogens (tertiary/aromatic N) is 2. The predicted molar refractivity (Wildman–Crippen MR) is 271 cm³/mol. The van der Waals surface area contributed by atoms with Gasteiger partial charge in [-0.3, -0.25) is 0 Å². The Kier molecular flexibility index (Phi) is 29.1. The number of hydrogen-bond acceptors (Lipinski definition) is 0. The molecule has 2 nitrogen and oxygen atoms in total. The van der Waals surface area contributed by atoms with Crippen LogP contribution in [0.1, 0.15) is 274 Å². The molecule has 342 valence electrons. The van der Waals surface area contributed by atoms with Crippen LogP contribution in [0.4, 0.5) is 0 Å². The monoisotopic (exact) mass is 833 g/mol. The van der Waals surface area contributed by atoms with Crippen LogP contribution in [0.25, 0.3) is 16.9 Å². The van der Waals surface area contributed by atoms with Gasteiger partial charge in [-0.2, -0.15) is 0 Å². The Morgan fingerprint density at radius 3 is 1.08 bits per heavy atom. The molecule has 3 rings (SSSR count). The number of aryl methyl sites for hydroxylation is 4. The van der Waals surface area contributed by atoms with Crippen molar-refractivity contribution in [3.8, 4) is 0 Å². The van der Waals surface area contributed by atoms with Gasteiger partial charge in [-0.15, -0.1) is 0 Å². The van der Waals surface area contributed by atoms with E-state index in [-0.39, 0.29) is 0 Å². The summed E-state index contributed by atoms with van der Waals surface area (Å²) in [6, 6.07) is 14.6. The van der Waals surface area contributed by atoms with E-state index in [0.29, 0.717) is 0 Å². The van der Waals surface area contributed by atoms with Gasteiger partial charge in [0, 0.05) is 16.7 Å². The molecule has 0 bridgehead atoms. The first-order valence-electron chi connectivity index (χ1n) is 26.9. The van der Waals surface area contributed by atoms with Crippen LogP contribution in [-0.4, -0.2) is 4.70 Å². The van der Waals surface area contributed by atoms with Gasteiger partial charge in [0.2, 0.25) is 11.4 Å². The van der Waals surface area contributed by atoms with Crippen LogP contribution in [0.3, 0.4) is 0 Å². The highest BCUT2D eigenvalue weighted by Crippen LogP contribution is 2.44. The third-order valence-electron chi connectivity index (χ3n) is 13.2. The first kappa shape index (κ1) is 52.6. The molecule has 2 aromatic carbocycles. The molecule has 1 aliphatic rings. The Morgan fingerprint density at radius 2 is 0.689 bits per heavy atom. The van der Waals surface area contributed by atoms with Crippen molar-refractivity contribution >= 4 is 11.4 Å². The summed E-state index contributed by atoms with van der Waals surface area (Å²) in [4.78, 5) is 0. The van der Waals surface area contributed by atoms with Gasteiger partial charge in [0.25, 0.3) is 0 Å². The standard InChI is InChI=1S/C59H96N2/c1-7-13-19-20-21-22-23-24-25-26-27-28-29-30-31-32-33-37-43-57-56(42-36-16-10-4)58(54-46-50(38-17-11-5)44-52(48-54)40-34-14-8-2)61(60)59(57)55-47-51(39-18-12-6)45-53(49-55)41-35-15-9-3/h36,42,44-49H,7-35,37-41,43H2,1-6H3. The molecule has 2 aromatic rings. The molecule has 2 heteroatoms. The van der Waals surface area contributed by atoms with Crippen molar-refractivity contribution < 1.29 is 4.70 Å². The van der Waals surface area contributed by atoms with Crippen LogP contribution in [0, 0.1) is 0 Å². The average Bonchev–Trinajstić information content (AvgIpc) is 3.54. The summed E-state index contributed by atoms with van der Waals surface area (Å²) >= 11 is 0. The Labute approximate surface area is 379 Å². The third kappa shape index (κ3) is 20.5. The van der Waals surface area contributed by atoms with E-state index >= 15 is 0 Å². The summed E-state index contributed by atoms with van der Waals surface area (Å²) in [5.74, 6) is 0. The van der Waals surface area contributed by atoms with Gasteiger partial charge in [0.1, 0.15) is 0 Å². The second kappa shape index (κ2) is 33.8. The van der Waals surface area contributed by atoms with Crippen LogP contribution in [-0.2, 0) is 25.7 Å². The maximum atomic E-state index is 12.7. The van der Waals surface area contributed by atoms with Gasteiger partial charge >= 0.3 is 0 Å². The van der Waals surface area contributed by atoms with E-state index in [4.69, 9.17) is 0 Å². The lowest BCUT2D eigenvalue weighted by molar-refractivity contribution is -0.345. The summed E-state index contributed by atoms with van der Waals surface area (Å²) < 4.78 is 1.65. The summed E-state index contributed by atoms with van der Waals surface area (Å²) in [6.07, 6.45) is 49.6. The summed E-state index contributed by atoms with van der Waals surface area (Å²) in [5, 5.41) is 0. The smallest absolute Gasteiger partial charge is 0.215 e. The quantitative estimate of drug-likeness (QED) is 0.0476. The minimum atomic E-state index is 1.00. The van der Waals surface area contributed by atoms with Crippen LogP contribution < -0.4 is 0 Å². The van der Waals surface area contributed by atoms with E-state index in [0.717, 1.165) is 56.3 Å². The van der Waals surface area contributed by atoms with Crippen molar-refractivity contribution in [3.05, 3.63) is 98.6 Å². The molecule has 0 spiro atoms. The topological polar surface area (TPSA) is 25.3 Å². The van der Waals surface area contributed by atoms with Crippen LogP contribution in [0.15, 0.2) is 59.7 Å². The highest BCUT2D eigenvalue weighted by atomic mass is 15.2. The van der Waals surface area contributed by atoms with E-state index in [1.807, 2.05) is 0 Å². The third-order valence-corrected chi connectivity index (χ3v) is 13.2. The average molecular weight is 833 g/mol. The van der Waals surface area contributed by atoms with E-state index in [2.05, 4.69) is 90.1 Å². The molecule has 0 atom stereocenters. The number of rotatable bonds is 38. The highest BCUT2D eigenvalue weighted by molar-refractivity contribution is 5.84. The van der Waals surface area contributed by atoms with Crippen molar-refractivity contribution in [2.45, 2.75) is 266 Å². The van der Waals surface area contributed by atoms with E-state index in [1.165, 1.54) is 224 Å². The number of unbranched alkanes of at least 4 members (excludes halogenated alkanes) is 24. The van der Waals surface area contributed by atoms with Crippen molar-refractivity contribution in [3.63, 3.8) is 0 Å². The Balaban J connectivity index is 1.83. The molecule has 0 unspecified atom stereocenters. The summed E-state index contributed by atoms with van der Waals surface area (Å²) in [7, 11) is 0. The van der Waals surface area contributed by atoms with E-state index in [9.17, 15) is 5.53 Å². The molecular formula is C59H96N2. The van der Waals surface area contributed by atoms with Crippen LogP contribution in [0.5, 0.6) is 0 Å². The van der Waals surface area contributed by atoms with Gasteiger partial charge < -0.3 is 5.53 Å². The molecule has 0 saturated carbocycles. The second-order valence-electron chi connectivity index (χ2n) is 19.1. The fourth-order valence-electron chi connectivity index (χ4n) is 9.50. The van der Waals surface area contributed by atoms with Gasteiger partial charge in [0.05, 0.1) is 5.57 Å². The summed E-state index contributed by atoms with van der Waals surface area (Å²) in [6.45, 7) is 13.8. The molecule has 0 amide bonds. The Bertz CT molecular complexity index is 1570. The van der Waals surface area contributed by atoms with Crippen molar-refractivity contribution in [1.29, 1.82) is 0 Å². The summed E-state index contributed by atoms with van der Waals surface area (Å²) in [5.41, 5.74) is 25.5. The predicted octanol–water partition coefficient (Wildman–Crippen LogP) is 19.8. The first-order chi connectivity index (χ1) is 30.0. The van der Waals surface area contributed by atoms with Gasteiger partial charge in [0.15, 0.2) is 0 Å². The zero-order chi connectivity index (χ0) is 43.8. The molecule has 0 aliphatic carbocycles. The number of benzene rings is 2. The van der Waals surface area contributed by atoms with Crippen LogP contribution >= 0.6 is 0 Å². The number of hydrogen-bond donors (Lipinski definition) is 0. The lowest BCUT2D eigenvalue weighted by Crippen LogP contribution is -2.05. The van der Waals surface area contributed by atoms with Gasteiger partial charge in [-0.05, 0) is 117 Å². The normalized spacial score (nSPS) is 13.2. The highest BCUT2D eigenvalue weighted by Gasteiger charge is 2.35. The SMILES string of the molecule is CCCC=CC1=C(c2cc(CCCC)cc(CCCCC)c2)[N+](=[N-])C(c2cc(CCCC)cc(CCCCC)c2)=C1CCCCCCCCCCCCCCCCCCCC. The molecule has 0 aromatic heterocycles. The Morgan fingerprint density at radius 1 is 0.361 bits per heavy atom. The molecule has 0 radical (unpaired) electrons. The van der Waals surface area contributed by atoms with Gasteiger partial charge in [-0.25, -0.2) is 4.70 Å². The number of allylic oxidation sites excluding steroid dienone is 4. The molecule has 0 N–H and O–H groups in total. The first-order valence-corrected chi connectivity index (χ1v) is 26.9. The van der Waals surface area contributed by atoms with Crippen molar-refractivity contribution in [2.75, 3.05) is 0 Å². The minimum absolute atomic E-state index is 1.00. The molecule has 1 aliphatic heterocycles. The zero-order valence-corrected chi connectivity index (χ0v) is 41.3. The van der Waals surface area contributed by atoms with E-state index in [1.54, 1.807) is 4.70 Å². The molecular weight excluding hydrogens is 737 g/mol. The largest absolute Gasteiger partial charge is 0.493 e. The molecule has 0 fully saturated rings. The fraction of sp³-hybridized carbons (Fsp3) is 0.695. The molecule has 0 saturated heterocycles. The second-order valence-corrected chi connectivity index (χ2v) is 19.1. The fourth-order valence-corrected chi connectivity index (χ4v) is 9.50. The Hall–Kier alpha value is -2.74. The lowest BCUT2D eigenvalue weighted by atomic mass is 9.91. The lowest BCUT2D eigenvalue weighted by Gasteiger charge is -2.14. The zero-order valence-electron chi connectivity index (χ0n) is 41.3. The van der Waals surface area contributed by atoms with Crippen molar-refractivity contribution in [1.82, 2.24) is 0 Å².